The molecule has 33 heavy (non-hydrogen) atoms. The summed E-state index contributed by atoms with van der Waals surface area (Å²) in [6, 6.07) is 12.5. The molecule has 0 bridgehead atoms. The van der Waals surface area contributed by atoms with E-state index >= 15 is 0 Å². The Balaban J connectivity index is 1.44. The van der Waals surface area contributed by atoms with Gasteiger partial charge in [-0.1, -0.05) is 17.7 Å². The average Bonchev–Trinajstić information content (AvgIpc) is 3.17. The highest BCUT2D eigenvalue weighted by molar-refractivity contribution is 7.90. The number of likely N-dealkylation sites (tertiary alicyclic amines) is 1. The van der Waals surface area contributed by atoms with Gasteiger partial charge in [0.2, 0.25) is 0 Å². The van der Waals surface area contributed by atoms with Gasteiger partial charge in [0.25, 0.3) is 10.0 Å². The van der Waals surface area contributed by atoms with Gasteiger partial charge in [-0.15, -0.1) is 0 Å². The number of nitrogens with zero attached hydrogens (tertiary/aromatic N) is 3. The highest BCUT2D eigenvalue weighted by Gasteiger charge is 2.27. The Kier molecular flexibility index (Phi) is 6.09. The number of carbonyl (C=O) groups is 1. The first-order valence-corrected chi connectivity index (χ1v) is 12.5. The summed E-state index contributed by atoms with van der Waals surface area (Å²) in [6.07, 6.45) is 2.67. The molecule has 2 heterocycles. The van der Waals surface area contributed by atoms with Gasteiger partial charge < -0.3 is 15.0 Å². The minimum atomic E-state index is -3.72. The smallest absolute Gasteiger partial charge is 0.410 e. The minimum Gasteiger partial charge on any atom is -0.444 e. The lowest BCUT2D eigenvalue weighted by Crippen LogP contribution is -2.44. The van der Waals surface area contributed by atoms with E-state index in [1.807, 2.05) is 39.8 Å². The van der Waals surface area contributed by atoms with Crippen molar-refractivity contribution in [1.29, 1.82) is 0 Å². The summed E-state index contributed by atoms with van der Waals surface area (Å²) in [5.74, 6) is 0. The van der Waals surface area contributed by atoms with Gasteiger partial charge in [0.15, 0.2) is 0 Å². The first kappa shape index (κ1) is 23.1. The Morgan fingerprint density at radius 3 is 2.39 bits per heavy atom. The predicted molar refractivity (Wildman–Crippen MR) is 128 cm³/mol. The molecule has 1 amide bonds. The zero-order valence-corrected chi connectivity index (χ0v) is 20.2. The molecule has 176 valence electrons. The van der Waals surface area contributed by atoms with Crippen molar-refractivity contribution >= 4 is 32.8 Å². The van der Waals surface area contributed by atoms with Crippen LogP contribution in [0.4, 0.5) is 10.5 Å². The molecule has 1 N–H and O–H groups in total. The lowest BCUT2D eigenvalue weighted by Gasteiger charge is -2.34. The van der Waals surface area contributed by atoms with E-state index in [2.05, 4.69) is 10.3 Å². The molecule has 0 saturated carbocycles. The van der Waals surface area contributed by atoms with Crippen LogP contribution < -0.4 is 5.32 Å². The largest absolute Gasteiger partial charge is 0.444 e. The molecule has 1 saturated heterocycles. The fourth-order valence-corrected chi connectivity index (χ4v) is 5.16. The third-order valence-electron chi connectivity index (χ3n) is 5.61. The number of aromatic nitrogens is 2. The summed E-state index contributed by atoms with van der Waals surface area (Å²) < 4.78 is 32.8. The molecule has 0 radical (unpaired) electrons. The number of rotatable bonds is 4. The Labute approximate surface area is 194 Å². The normalized spacial score (nSPS) is 15.6. The van der Waals surface area contributed by atoms with Gasteiger partial charge in [0.1, 0.15) is 11.9 Å². The van der Waals surface area contributed by atoms with Crippen LogP contribution in [0.15, 0.2) is 53.7 Å². The number of aryl methyl sites for hydroxylation is 1. The maximum Gasteiger partial charge on any atom is 0.410 e. The second kappa shape index (κ2) is 8.70. The van der Waals surface area contributed by atoms with Crippen LogP contribution in [0.2, 0.25) is 0 Å². The monoisotopic (exact) mass is 470 g/mol. The summed E-state index contributed by atoms with van der Waals surface area (Å²) in [6.45, 7) is 8.75. The Hall–Kier alpha value is -3.07. The zero-order valence-electron chi connectivity index (χ0n) is 19.4. The molecule has 0 spiro atoms. The number of fused-ring (bicyclic) bond motifs is 1. The number of amides is 1. The molecule has 4 rings (SSSR count). The number of benzene rings is 2. The van der Waals surface area contributed by atoms with Crippen molar-refractivity contribution in [3.63, 3.8) is 0 Å². The van der Waals surface area contributed by atoms with Gasteiger partial charge in [0, 0.05) is 24.8 Å². The SMILES string of the molecule is Cc1ccc(S(=O)(=O)n2cnc3cc(NC4CCN(C(=O)OC(C)(C)C)CC4)ccc32)cc1. The van der Waals surface area contributed by atoms with E-state index in [0.717, 1.165) is 24.1 Å². The van der Waals surface area contributed by atoms with E-state index in [9.17, 15) is 13.2 Å². The Morgan fingerprint density at radius 1 is 1.09 bits per heavy atom. The highest BCUT2D eigenvalue weighted by Crippen LogP contribution is 2.25. The van der Waals surface area contributed by atoms with E-state index in [0.29, 0.717) is 24.1 Å². The third-order valence-corrected chi connectivity index (χ3v) is 7.29. The molecule has 0 atom stereocenters. The number of hydrogen-bond acceptors (Lipinski definition) is 6. The van der Waals surface area contributed by atoms with E-state index < -0.39 is 15.6 Å². The summed E-state index contributed by atoms with van der Waals surface area (Å²) in [5.41, 5.74) is 2.49. The summed E-state index contributed by atoms with van der Waals surface area (Å²) in [4.78, 5) is 18.5. The summed E-state index contributed by atoms with van der Waals surface area (Å²) in [5, 5.41) is 3.49. The van der Waals surface area contributed by atoms with Crippen molar-refractivity contribution in [2.45, 2.75) is 57.1 Å². The number of piperidine rings is 1. The molecule has 3 aromatic rings. The maximum atomic E-state index is 13.1. The van der Waals surface area contributed by atoms with Gasteiger partial charge in [0.05, 0.1) is 15.9 Å². The van der Waals surface area contributed by atoms with Gasteiger partial charge in [-0.3, -0.25) is 0 Å². The quantitative estimate of drug-likeness (QED) is 0.608. The second-order valence-corrected chi connectivity index (χ2v) is 11.3. The van der Waals surface area contributed by atoms with Gasteiger partial charge in [-0.25, -0.2) is 22.2 Å². The van der Waals surface area contributed by atoms with Crippen molar-refractivity contribution in [1.82, 2.24) is 13.9 Å². The van der Waals surface area contributed by atoms with Crippen LogP contribution >= 0.6 is 0 Å². The van der Waals surface area contributed by atoms with Gasteiger partial charge >= 0.3 is 6.09 Å². The van der Waals surface area contributed by atoms with Crippen LogP contribution in [-0.4, -0.2) is 53.1 Å². The lowest BCUT2D eigenvalue weighted by atomic mass is 10.0. The van der Waals surface area contributed by atoms with Crippen molar-refractivity contribution in [3.05, 3.63) is 54.4 Å². The fraction of sp³-hybridized carbons (Fsp3) is 0.417. The van der Waals surface area contributed by atoms with Crippen LogP contribution in [0.1, 0.15) is 39.2 Å². The number of hydrogen-bond donors (Lipinski definition) is 1. The average molecular weight is 471 g/mol. The summed E-state index contributed by atoms with van der Waals surface area (Å²) >= 11 is 0. The Bertz CT molecular complexity index is 1250. The number of carbonyl (C=O) groups excluding carboxylic acids is 1. The first-order valence-electron chi connectivity index (χ1n) is 11.1. The molecule has 0 unspecified atom stereocenters. The molecule has 1 aliphatic rings. The van der Waals surface area contributed by atoms with Crippen molar-refractivity contribution in [2.24, 2.45) is 0 Å². The fourth-order valence-electron chi connectivity index (χ4n) is 3.86. The lowest BCUT2D eigenvalue weighted by molar-refractivity contribution is 0.0210. The molecule has 1 fully saturated rings. The minimum absolute atomic E-state index is 0.208. The van der Waals surface area contributed by atoms with Crippen LogP contribution in [0.5, 0.6) is 0 Å². The molecular weight excluding hydrogens is 440 g/mol. The van der Waals surface area contributed by atoms with Crippen LogP contribution in [0.3, 0.4) is 0 Å². The van der Waals surface area contributed by atoms with Crippen molar-refractivity contribution in [2.75, 3.05) is 18.4 Å². The van der Waals surface area contributed by atoms with Crippen LogP contribution in [0.25, 0.3) is 11.0 Å². The van der Waals surface area contributed by atoms with E-state index in [1.165, 1.54) is 10.3 Å². The van der Waals surface area contributed by atoms with Gasteiger partial charge in [-0.2, -0.15) is 0 Å². The van der Waals surface area contributed by atoms with Gasteiger partial charge in [-0.05, 0) is 70.9 Å². The van der Waals surface area contributed by atoms with Crippen molar-refractivity contribution in [3.8, 4) is 0 Å². The second-order valence-electron chi connectivity index (χ2n) is 9.45. The molecule has 1 aromatic heterocycles. The number of imidazole rings is 1. The maximum absolute atomic E-state index is 13.1. The predicted octanol–water partition coefficient (Wildman–Crippen LogP) is 4.39. The number of nitrogens with one attached hydrogen (secondary N) is 1. The molecule has 0 aliphatic carbocycles. The first-order chi connectivity index (χ1) is 15.5. The van der Waals surface area contributed by atoms with Crippen LogP contribution in [-0.2, 0) is 14.8 Å². The van der Waals surface area contributed by atoms with E-state index in [1.54, 1.807) is 35.2 Å². The molecule has 9 heteroatoms. The number of anilines is 1. The van der Waals surface area contributed by atoms with Crippen LogP contribution in [0, 0.1) is 6.92 Å². The zero-order chi connectivity index (χ0) is 23.8. The topological polar surface area (TPSA) is 93.5 Å². The Morgan fingerprint density at radius 2 is 1.76 bits per heavy atom. The third kappa shape index (κ3) is 5.13. The van der Waals surface area contributed by atoms with E-state index in [4.69, 9.17) is 4.74 Å². The van der Waals surface area contributed by atoms with E-state index in [-0.39, 0.29) is 17.0 Å². The number of ether oxygens (including phenoxy) is 1. The summed E-state index contributed by atoms with van der Waals surface area (Å²) in [7, 11) is -3.72. The standard InChI is InChI=1S/C24H30N4O4S/c1-17-5-8-20(9-6-17)33(30,31)28-16-25-21-15-19(7-10-22(21)28)26-18-11-13-27(14-12-18)23(29)32-24(2,3)4/h5-10,15-16,18,26H,11-14H2,1-4H3. The molecular formula is C24H30N4O4S. The molecule has 1 aliphatic heterocycles. The van der Waals surface area contributed by atoms with Crippen molar-refractivity contribution < 1.29 is 17.9 Å². The molecule has 8 nitrogen and oxygen atoms in total. The highest BCUT2D eigenvalue weighted by atomic mass is 32.2. The molecule has 2 aromatic carbocycles.